The summed E-state index contributed by atoms with van der Waals surface area (Å²) in [7, 11) is 0. The van der Waals surface area contributed by atoms with Crippen molar-refractivity contribution in [1.29, 1.82) is 0 Å². The van der Waals surface area contributed by atoms with Crippen molar-refractivity contribution in [3.63, 3.8) is 0 Å². The van der Waals surface area contributed by atoms with Gasteiger partial charge >= 0.3 is 21.7 Å². The van der Waals surface area contributed by atoms with Crippen LogP contribution in [0.2, 0.25) is 0 Å². The van der Waals surface area contributed by atoms with E-state index in [1.807, 2.05) is 0 Å². The summed E-state index contributed by atoms with van der Waals surface area (Å²) < 4.78 is 0. The summed E-state index contributed by atoms with van der Waals surface area (Å²) in [5.41, 5.74) is 0. The molecule has 55 valence electrons. The first-order valence-corrected chi connectivity index (χ1v) is 1.28. The Kier molecular flexibility index (Phi) is 210. The first kappa shape index (κ1) is 22.9. The van der Waals surface area contributed by atoms with E-state index in [0.717, 1.165) is 0 Å². The number of hydrogen-bond donors (Lipinski definition) is 3. The van der Waals surface area contributed by atoms with Gasteiger partial charge in [-0.3, -0.25) is 0 Å². The van der Waals surface area contributed by atoms with E-state index >= 15 is 0 Å². The molecule has 0 saturated heterocycles. The van der Waals surface area contributed by atoms with Crippen molar-refractivity contribution in [1.82, 2.24) is 0 Å². The third kappa shape index (κ3) is 348. The maximum Gasteiger partial charge on any atom is 3.00 e. The molecule has 1 radical (unpaired) electrons. The summed E-state index contributed by atoms with van der Waals surface area (Å²) in [6.07, 6.45) is 0. The van der Waals surface area contributed by atoms with Gasteiger partial charge in [-0.2, -0.15) is 0 Å². The van der Waals surface area contributed by atoms with Gasteiger partial charge in [0.1, 0.15) is 0 Å². The zero-order valence-electron chi connectivity index (χ0n) is 4.57. The summed E-state index contributed by atoms with van der Waals surface area (Å²) in [5, 5.41) is 20.3. The molecule has 0 heterocycles. The molecular formula is C3H3O6Ti. The monoisotopic (exact) mass is 183 g/mol. The molecule has 0 atom stereocenters. The minimum atomic E-state index is 0. The Morgan fingerprint density at radius 3 is 0.700 bits per heavy atom. The van der Waals surface area contributed by atoms with Crippen LogP contribution in [0, 0.1) is 0 Å². The fourth-order valence-electron chi connectivity index (χ4n) is 0. The van der Waals surface area contributed by atoms with Crippen LogP contribution in [0.5, 0.6) is 0 Å². The molecule has 0 bridgehead atoms. The average molecular weight is 183 g/mol. The van der Waals surface area contributed by atoms with E-state index < -0.39 is 0 Å². The normalized spacial score (nSPS) is 3.60. The predicted octanol–water partition coefficient (Wildman–Crippen LogP) is -1.17. The SMILES string of the molecule is O=[C-]O.O=[C-]O.O=[C-]O.[Ti+3]. The van der Waals surface area contributed by atoms with E-state index in [1.165, 1.54) is 0 Å². The first-order valence-electron chi connectivity index (χ1n) is 1.28. The van der Waals surface area contributed by atoms with Crippen molar-refractivity contribution >= 4 is 19.4 Å². The summed E-state index contributed by atoms with van der Waals surface area (Å²) in [6, 6.07) is 0. The van der Waals surface area contributed by atoms with E-state index in [2.05, 4.69) is 0 Å². The Labute approximate surface area is 71.4 Å². The molecule has 10 heavy (non-hydrogen) atoms. The van der Waals surface area contributed by atoms with E-state index in [-0.39, 0.29) is 21.7 Å². The zero-order valence-corrected chi connectivity index (χ0v) is 6.13. The van der Waals surface area contributed by atoms with Crippen LogP contribution in [0.4, 0.5) is 0 Å². The second-order valence-electron chi connectivity index (χ2n) is 0.274. The molecule has 0 aromatic carbocycles. The third-order valence-electron chi connectivity index (χ3n) is 0. The molecule has 0 aliphatic rings. The van der Waals surface area contributed by atoms with Crippen molar-refractivity contribution in [2.45, 2.75) is 0 Å². The second-order valence-corrected chi connectivity index (χ2v) is 0.274. The van der Waals surface area contributed by atoms with E-state index in [4.69, 9.17) is 29.7 Å². The van der Waals surface area contributed by atoms with Crippen molar-refractivity contribution in [2.75, 3.05) is 0 Å². The van der Waals surface area contributed by atoms with Gasteiger partial charge in [-0.05, 0) is 0 Å². The third-order valence-corrected chi connectivity index (χ3v) is 0. The van der Waals surface area contributed by atoms with E-state index in [1.54, 1.807) is 0 Å². The van der Waals surface area contributed by atoms with Gasteiger partial charge in [0.05, 0.1) is 0 Å². The van der Waals surface area contributed by atoms with Crippen LogP contribution in [0.15, 0.2) is 0 Å². The van der Waals surface area contributed by atoms with Crippen molar-refractivity contribution in [3.05, 3.63) is 0 Å². The minimum absolute atomic E-state index is 0. The molecule has 0 rings (SSSR count). The Morgan fingerprint density at radius 2 is 0.700 bits per heavy atom. The maximum atomic E-state index is 8.24. The maximum absolute atomic E-state index is 8.24. The van der Waals surface area contributed by atoms with E-state index in [0.29, 0.717) is 19.4 Å². The van der Waals surface area contributed by atoms with Gasteiger partial charge in [-0.15, -0.1) is 0 Å². The van der Waals surface area contributed by atoms with Crippen molar-refractivity contribution in [2.24, 2.45) is 0 Å². The molecular weight excluding hydrogens is 180 g/mol. The standard InChI is InChI=1S/3CHO2.Ti/c3*2-1-3;/h3*(H,2,3);/q3*-1;+3. The molecule has 0 amide bonds. The van der Waals surface area contributed by atoms with Gasteiger partial charge in [-0.1, -0.05) is 19.4 Å². The predicted molar refractivity (Wildman–Crippen MR) is 25.0 cm³/mol. The van der Waals surface area contributed by atoms with Crippen LogP contribution < -0.4 is 0 Å². The summed E-state index contributed by atoms with van der Waals surface area (Å²) in [6.45, 7) is 1.50. The largest absolute Gasteiger partial charge is 3.00 e. The van der Waals surface area contributed by atoms with Crippen LogP contribution in [0.3, 0.4) is 0 Å². The van der Waals surface area contributed by atoms with Crippen LogP contribution in [0.1, 0.15) is 0 Å². The molecule has 7 heteroatoms. The Balaban J connectivity index is -0.0000000257. The molecule has 6 nitrogen and oxygen atoms in total. The zero-order chi connectivity index (χ0) is 8.12. The van der Waals surface area contributed by atoms with Crippen molar-refractivity contribution < 1.29 is 51.4 Å². The van der Waals surface area contributed by atoms with Crippen LogP contribution in [-0.4, -0.2) is 34.7 Å². The fourth-order valence-corrected chi connectivity index (χ4v) is 0. The van der Waals surface area contributed by atoms with Gasteiger partial charge in [0.25, 0.3) is 0 Å². The number of hydrogen-bond acceptors (Lipinski definition) is 3. The average Bonchev–Trinajstić information content (AvgIpc) is 1.70. The molecule has 3 N–H and O–H groups in total. The molecule has 0 aromatic rings. The van der Waals surface area contributed by atoms with E-state index in [9.17, 15) is 0 Å². The Bertz CT molecular complexity index is 49.7. The van der Waals surface area contributed by atoms with Crippen LogP contribution in [-0.2, 0) is 36.1 Å². The fraction of sp³-hybridized carbons (Fsp3) is 0. The Hall–Kier alpha value is -0.876. The minimum Gasteiger partial charge on any atom is -0.665 e. The quantitative estimate of drug-likeness (QED) is 0.322. The molecule has 0 spiro atoms. The Morgan fingerprint density at radius 1 is 0.700 bits per heavy atom. The number of aliphatic hydroxyl groups excluding tert-OH is 3. The summed E-state index contributed by atoms with van der Waals surface area (Å²) in [5.74, 6) is 0. The van der Waals surface area contributed by atoms with Gasteiger partial charge in [0.15, 0.2) is 0 Å². The van der Waals surface area contributed by atoms with Gasteiger partial charge in [0, 0.05) is 0 Å². The number of rotatable bonds is 0. The topological polar surface area (TPSA) is 112 Å². The first-order chi connectivity index (χ1) is 4.24. The molecule has 0 fully saturated rings. The van der Waals surface area contributed by atoms with Gasteiger partial charge in [-0.25, -0.2) is 0 Å². The van der Waals surface area contributed by atoms with Gasteiger partial charge < -0.3 is 29.7 Å². The molecule has 0 aromatic heterocycles. The summed E-state index contributed by atoms with van der Waals surface area (Å²) >= 11 is 0. The molecule has 0 aliphatic heterocycles. The van der Waals surface area contributed by atoms with Crippen LogP contribution in [0.25, 0.3) is 0 Å². The molecule has 0 saturated carbocycles. The smallest absolute Gasteiger partial charge is 0.665 e. The molecule has 0 aliphatic carbocycles. The molecule has 0 unspecified atom stereocenters. The second kappa shape index (κ2) is 91.4. The summed E-state index contributed by atoms with van der Waals surface area (Å²) in [4.78, 5) is 24.7. The van der Waals surface area contributed by atoms with Gasteiger partial charge in [0.2, 0.25) is 0 Å². The van der Waals surface area contributed by atoms with Crippen LogP contribution >= 0.6 is 0 Å². The van der Waals surface area contributed by atoms with Crippen molar-refractivity contribution in [3.8, 4) is 0 Å².